The molecule has 1 aromatic heterocycles. The molecule has 0 saturated heterocycles. The van der Waals surface area contributed by atoms with E-state index in [1.165, 1.54) is 39.0 Å². The van der Waals surface area contributed by atoms with Gasteiger partial charge in [0.15, 0.2) is 0 Å². The molecule has 0 fully saturated rings. The predicted octanol–water partition coefficient (Wildman–Crippen LogP) is 5.53. The molecular formula is C23H20N2. The summed E-state index contributed by atoms with van der Waals surface area (Å²) in [5.41, 5.74) is 7.94. The molecule has 0 saturated carbocycles. The number of aryl methyl sites for hydroxylation is 2. The van der Waals surface area contributed by atoms with Crippen molar-refractivity contribution in [3.05, 3.63) is 95.7 Å². The van der Waals surface area contributed by atoms with Crippen LogP contribution in [0.25, 0.3) is 10.9 Å². The summed E-state index contributed by atoms with van der Waals surface area (Å²) in [5, 5.41) is 4.91. The van der Waals surface area contributed by atoms with Crippen LogP contribution in [-0.4, -0.2) is 4.57 Å². The minimum atomic E-state index is 0.910. The van der Waals surface area contributed by atoms with Gasteiger partial charge in [-0.3, -0.25) is 0 Å². The Labute approximate surface area is 147 Å². The van der Waals surface area contributed by atoms with E-state index < -0.39 is 0 Å². The van der Waals surface area contributed by atoms with Crippen molar-refractivity contribution < 1.29 is 0 Å². The average molecular weight is 324 g/mol. The number of benzene rings is 3. The van der Waals surface area contributed by atoms with E-state index >= 15 is 0 Å². The lowest BCUT2D eigenvalue weighted by Crippen LogP contribution is -2.00. The third-order valence-corrected chi connectivity index (χ3v) is 5.15. The molecule has 1 aliphatic heterocycles. The number of rotatable bonds is 2. The maximum atomic E-state index is 3.61. The van der Waals surface area contributed by atoms with Crippen molar-refractivity contribution >= 4 is 22.3 Å². The summed E-state index contributed by atoms with van der Waals surface area (Å²) in [6.07, 6.45) is 4.36. The van der Waals surface area contributed by atoms with Crippen LogP contribution in [0.3, 0.4) is 0 Å². The van der Waals surface area contributed by atoms with Crippen molar-refractivity contribution in [1.29, 1.82) is 0 Å². The van der Waals surface area contributed by atoms with E-state index in [0.717, 1.165) is 19.4 Å². The third kappa shape index (κ3) is 2.60. The summed E-state index contributed by atoms with van der Waals surface area (Å²) < 4.78 is 2.33. The fraction of sp³-hybridized carbons (Fsp3) is 0.130. The summed E-state index contributed by atoms with van der Waals surface area (Å²) in [6.45, 7) is 0.910. The molecule has 0 atom stereocenters. The largest absolute Gasteiger partial charge is 0.355 e. The van der Waals surface area contributed by atoms with Gasteiger partial charge >= 0.3 is 0 Å². The zero-order valence-electron chi connectivity index (χ0n) is 14.1. The third-order valence-electron chi connectivity index (χ3n) is 5.15. The zero-order chi connectivity index (χ0) is 16.6. The van der Waals surface area contributed by atoms with Crippen molar-refractivity contribution in [2.45, 2.75) is 19.4 Å². The first-order valence-corrected chi connectivity index (χ1v) is 8.87. The van der Waals surface area contributed by atoms with Gasteiger partial charge in [-0.1, -0.05) is 48.5 Å². The van der Waals surface area contributed by atoms with Crippen LogP contribution in [0.2, 0.25) is 0 Å². The van der Waals surface area contributed by atoms with E-state index in [1.807, 2.05) is 0 Å². The first-order valence-electron chi connectivity index (χ1n) is 8.87. The first-order chi connectivity index (χ1) is 12.4. The standard InChI is InChI=1S/C23H20N2/c1-3-7-21-18(5-1)10-11-20-15-17(9-12-22(20)24-21)16-25-14-13-19-6-2-4-8-23(19)25/h1-9,12-15,24H,10-11,16H2. The van der Waals surface area contributed by atoms with Gasteiger partial charge in [0.2, 0.25) is 0 Å². The summed E-state index contributed by atoms with van der Waals surface area (Å²) in [6, 6.07) is 26.2. The van der Waals surface area contributed by atoms with Crippen LogP contribution in [0.15, 0.2) is 79.0 Å². The van der Waals surface area contributed by atoms with Gasteiger partial charge in [-0.25, -0.2) is 0 Å². The van der Waals surface area contributed by atoms with Gasteiger partial charge < -0.3 is 9.88 Å². The monoisotopic (exact) mass is 324 g/mol. The van der Waals surface area contributed by atoms with Crippen molar-refractivity contribution in [2.75, 3.05) is 5.32 Å². The lowest BCUT2D eigenvalue weighted by atomic mass is 10.0. The number of anilines is 2. The Balaban J connectivity index is 1.47. The van der Waals surface area contributed by atoms with E-state index in [-0.39, 0.29) is 0 Å². The second-order valence-corrected chi connectivity index (χ2v) is 6.78. The lowest BCUT2D eigenvalue weighted by molar-refractivity contribution is 0.833. The maximum absolute atomic E-state index is 3.61. The second kappa shape index (κ2) is 5.82. The molecule has 5 rings (SSSR count). The van der Waals surface area contributed by atoms with Gasteiger partial charge in [0.25, 0.3) is 0 Å². The summed E-state index contributed by atoms with van der Waals surface area (Å²) in [5.74, 6) is 0. The Morgan fingerprint density at radius 3 is 2.56 bits per heavy atom. The Hall–Kier alpha value is -3.00. The molecule has 0 aliphatic carbocycles. The summed E-state index contributed by atoms with van der Waals surface area (Å²) in [4.78, 5) is 0. The molecule has 0 radical (unpaired) electrons. The highest BCUT2D eigenvalue weighted by atomic mass is 14.9. The van der Waals surface area contributed by atoms with Gasteiger partial charge in [0, 0.05) is 29.6 Å². The first kappa shape index (κ1) is 14.4. The molecule has 0 amide bonds. The topological polar surface area (TPSA) is 17.0 Å². The van der Waals surface area contributed by atoms with Crippen molar-refractivity contribution in [3.8, 4) is 0 Å². The van der Waals surface area contributed by atoms with Gasteiger partial charge in [-0.05, 0) is 59.2 Å². The SMILES string of the molecule is c1ccc2c(c1)CCc1cc(Cn3ccc4ccccc43)ccc1N2. The highest BCUT2D eigenvalue weighted by Crippen LogP contribution is 2.30. The Morgan fingerprint density at radius 2 is 1.56 bits per heavy atom. The predicted molar refractivity (Wildman–Crippen MR) is 105 cm³/mol. The van der Waals surface area contributed by atoms with Gasteiger partial charge in [0.05, 0.1) is 0 Å². The number of hydrogen-bond acceptors (Lipinski definition) is 1. The number of hydrogen-bond donors (Lipinski definition) is 1. The second-order valence-electron chi connectivity index (χ2n) is 6.78. The molecule has 0 unspecified atom stereocenters. The molecule has 122 valence electrons. The summed E-state index contributed by atoms with van der Waals surface area (Å²) >= 11 is 0. The molecule has 25 heavy (non-hydrogen) atoms. The number of aromatic nitrogens is 1. The van der Waals surface area contributed by atoms with E-state index in [9.17, 15) is 0 Å². The molecule has 2 heteroatoms. The Kier molecular flexibility index (Phi) is 3.34. The van der Waals surface area contributed by atoms with E-state index in [4.69, 9.17) is 0 Å². The summed E-state index contributed by atoms with van der Waals surface area (Å²) in [7, 11) is 0. The van der Waals surface area contributed by atoms with Crippen molar-refractivity contribution in [2.24, 2.45) is 0 Å². The molecule has 1 N–H and O–H groups in total. The number of nitrogens with one attached hydrogen (secondary N) is 1. The molecule has 0 spiro atoms. The minimum absolute atomic E-state index is 0.910. The molecule has 2 nitrogen and oxygen atoms in total. The van der Waals surface area contributed by atoms with Crippen LogP contribution in [0, 0.1) is 0 Å². The Morgan fingerprint density at radius 1 is 0.760 bits per heavy atom. The van der Waals surface area contributed by atoms with Crippen LogP contribution in [-0.2, 0) is 19.4 Å². The number of nitrogens with zero attached hydrogens (tertiary/aromatic N) is 1. The van der Waals surface area contributed by atoms with Gasteiger partial charge in [0.1, 0.15) is 0 Å². The van der Waals surface area contributed by atoms with Crippen LogP contribution >= 0.6 is 0 Å². The maximum Gasteiger partial charge on any atom is 0.0483 e. The lowest BCUT2D eigenvalue weighted by Gasteiger charge is -2.12. The van der Waals surface area contributed by atoms with Crippen LogP contribution < -0.4 is 5.32 Å². The Bertz CT molecular complexity index is 1060. The van der Waals surface area contributed by atoms with Crippen molar-refractivity contribution in [3.63, 3.8) is 0 Å². The van der Waals surface area contributed by atoms with E-state index in [1.54, 1.807) is 0 Å². The molecular weight excluding hydrogens is 304 g/mol. The van der Waals surface area contributed by atoms with Gasteiger partial charge in [-0.15, -0.1) is 0 Å². The van der Waals surface area contributed by atoms with Crippen molar-refractivity contribution in [1.82, 2.24) is 4.57 Å². The highest BCUT2D eigenvalue weighted by Gasteiger charge is 2.13. The van der Waals surface area contributed by atoms with Crippen LogP contribution in [0.1, 0.15) is 16.7 Å². The highest BCUT2D eigenvalue weighted by molar-refractivity contribution is 5.80. The number of fused-ring (bicyclic) bond motifs is 3. The zero-order valence-corrected chi connectivity index (χ0v) is 14.1. The van der Waals surface area contributed by atoms with E-state index in [2.05, 4.69) is 88.9 Å². The minimum Gasteiger partial charge on any atom is -0.355 e. The van der Waals surface area contributed by atoms with Crippen LogP contribution in [0.4, 0.5) is 11.4 Å². The normalized spacial score (nSPS) is 13.0. The molecule has 1 aliphatic rings. The smallest absolute Gasteiger partial charge is 0.0483 e. The average Bonchev–Trinajstić information content (AvgIpc) is 2.95. The van der Waals surface area contributed by atoms with E-state index in [0.29, 0.717) is 0 Å². The number of para-hydroxylation sites is 2. The van der Waals surface area contributed by atoms with Gasteiger partial charge in [-0.2, -0.15) is 0 Å². The fourth-order valence-electron chi connectivity index (χ4n) is 3.82. The molecule has 0 bridgehead atoms. The quantitative estimate of drug-likeness (QED) is 0.513. The molecule has 3 aromatic carbocycles. The van der Waals surface area contributed by atoms with Crippen LogP contribution in [0.5, 0.6) is 0 Å². The molecule has 4 aromatic rings. The molecule has 2 heterocycles. The fourth-order valence-corrected chi connectivity index (χ4v) is 3.82.